The molecule has 0 atom stereocenters. The van der Waals surface area contributed by atoms with Crippen molar-refractivity contribution >= 4 is 23.1 Å². The highest BCUT2D eigenvalue weighted by Crippen LogP contribution is 2.14. The molecule has 0 radical (unpaired) electrons. The number of aliphatic hydroxyl groups is 1. The van der Waals surface area contributed by atoms with E-state index in [1.165, 1.54) is 23.1 Å². The van der Waals surface area contributed by atoms with Crippen LogP contribution < -0.4 is 0 Å². The Bertz CT molecular complexity index is 280. The van der Waals surface area contributed by atoms with Crippen molar-refractivity contribution in [2.45, 2.75) is 6.61 Å². The average molecular weight is 184 g/mol. The molecule has 1 nitrogen and oxygen atoms in total. The summed E-state index contributed by atoms with van der Waals surface area (Å²) < 4.78 is 0. The van der Waals surface area contributed by atoms with Crippen LogP contribution in [0, 0.1) is 11.2 Å². The highest BCUT2D eigenvalue weighted by atomic mass is 32.2. The molecular weight excluding hydrogens is 176 g/mol. The van der Waals surface area contributed by atoms with Crippen molar-refractivity contribution in [2.75, 3.05) is 6.26 Å². The molecule has 0 unspecified atom stereocenters. The van der Waals surface area contributed by atoms with E-state index in [9.17, 15) is 0 Å². The van der Waals surface area contributed by atoms with Gasteiger partial charge >= 0.3 is 0 Å². The molecule has 0 bridgehead atoms. The van der Waals surface area contributed by atoms with Crippen molar-refractivity contribution < 1.29 is 5.11 Å². The molecule has 58 valence electrons. The minimum Gasteiger partial charge on any atom is -0.391 e. The highest BCUT2D eigenvalue weighted by molar-refractivity contribution is 8.03. The highest BCUT2D eigenvalue weighted by Gasteiger charge is 1.93. The number of hydrogen-bond acceptors (Lipinski definition) is 3. The molecule has 1 N–H and O–H groups in total. The summed E-state index contributed by atoms with van der Waals surface area (Å²) in [5.41, 5.74) is 0. The van der Waals surface area contributed by atoms with Crippen LogP contribution in [0.1, 0.15) is 9.75 Å². The number of hydrogen-bond donors (Lipinski definition) is 1. The van der Waals surface area contributed by atoms with E-state index in [2.05, 4.69) is 11.2 Å². The molecule has 0 aliphatic heterocycles. The van der Waals surface area contributed by atoms with Crippen LogP contribution in [0.15, 0.2) is 12.1 Å². The number of thiophene rings is 1. The molecule has 0 spiro atoms. The third-order valence-electron chi connectivity index (χ3n) is 1.09. The number of thioether (sulfide) groups is 1. The Morgan fingerprint density at radius 3 is 3.00 bits per heavy atom. The van der Waals surface area contributed by atoms with Gasteiger partial charge in [0.15, 0.2) is 0 Å². The molecule has 0 fully saturated rings. The number of rotatable bonds is 1. The van der Waals surface area contributed by atoms with E-state index in [0.29, 0.717) is 0 Å². The maximum Gasteiger partial charge on any atom is 0.0781 e. The Morgan fingerprint density at radius 1 is 1.64 bits per heavy atom. The van der Waals surface area contributed by atoms with Crippen LogP contribution in [0.2, 0.25) is 0 Å². The molecule has 1 heterocycles. The van der Waals surface area contributed by atoms with Gasteiger partial charge in [0.25, 0.3) is 0 Å². The lowest BCUT2D eigenvalue weighted by molar-refractivity contribution is 0.285. The Kier molecular flexibility index (Phi) is 3.50. The predicted molar refractivity (Wildman–Crippen MR) is 50.6 cm³/mol. The SMILES string of the molecule is CSC#Cc1ccc(CO)s1. The molecule has 1 rings (SSSR count). The van der Waals surface area contributed by atoms with Crippen LogP contribution >= 0.6 is 23.1 Å². The van der Waals surface area contributed by atoms with Crippen molar-refractivity contribution in [3.05, 3.63) is 21.9 Å². The van der Waals surface area contributed by atoms with E-state index >= 15 is 0 Å². The summed E-state index contributed by atoms with van der Waals surface area (Å²) in [5, 5.41) is 11.6. The minimum atomic E-state index is 0.117. The fourth-order valence-corrected chi connectivity index (χ4v) is 1.63. The predicted octanol–water partition coefficient (Wildman–Crippen LogP) is 1.91. The molecule has 1 aromatic rings. The zero-order chi connectivity index (χ0) is 8.10. The summed E-state index contributed by atoms with van der Waals surface area (Å²) in [4.78, 5) is 1.99. The summed E-state index contributed by atoms with van der Waals surface area (Å²) in [6.45, 7) is 0.117. The first kappa shape index (κ1) is 8.66. The first-order valence-electron chi connectivity index (χ1n) is 3.10. The van der Waals surface area contributed by atoms with Crippen LogP contribution in [-0.2, 0) is 6.61 Å². The third-order valence-corrected chi connectivity index (χ3v) is 2.39. The second kappa shape index (κ2) is 4.45. The smallest absolute Gasteiger partial charge is 0.0781 e. The van der Waals surface area contributed by atoms with Gasteiger partial charge in [-0.2, -0.15) is 0 Å². The maximum absolute atomic E-state index is 8.73. The molecule has 0 aliphatic carbocycles. The molecule has 3 heteroatoms. The zero-order valence-corrected chi connectivity index (χ0v) is 7.76. The monoisotopic (exact) mass is 184 g/mol. The van der Waals surface area contributed by atoms with Gasteiger partial charge < -0.3 is 5.11 Å². The Morgan fingerprint density at radius 2 is 2.45 bits per heavy atom. The van der Waals surface area contributed by atoms with Gasteiger partial charge in [0.2, 0.25) is 0 Å². The second-order valence-corrected chi connectivity index (χ2v) is 3.64. The number of aliphatic hydroxyl groups excluding tert-OH is 1. The molecule has 0 aromatic carbocycles. The Labute approximate surface area is 74.4 Å². The van der Waals surface area contributed by atoms with Crippen LogP contribution in [0.25, 0.3) is 0 Å². The summed E-state index contributed by atoms with van der Waals surface area (Å²) in [6.07, 6.45) is 1.94. The lowest BCUT2D eigenvalue weighted by Crippen LogP contribution is -1.69. The van der Waals surface area contributed by atoms with E-state index in [-0.39, 0.29) is 6.61 Å². The van der Waals surface area contributed by atoms with Gasteiger partial charge in [0, 0.05) is 4.88 Å². The quantitative estimate of drug-likeness (QED) is 0.673. The minimum absolute atomic E-state index is 0.117. The van der Waals surface area contributed by atoms with Gasteiger partial charge in [-0.3, -0.25) is 0 Å². The fourth-order valence-electron chi connectivity index (χ4n) is 0.631. The van der Waals surface area contributed by atoms with E-state index in [1.807, 2.05) is 18.4 Å². The van der Waals surface area contributed by atoms with Crippen molar-refractivity contribution in [3.8, 4) is 11.2 Å². The van der Waals surface area contributed by atoms with Gasteiger partial charge in [-0.25, -0.2) is 0 Å². The molecule has 1 aromatic heterocycles. The zero-order valence-electron chi connectivity index (χ0n) is 6.13. The molecule has 11 heavy (non-hydrogen) atoms. The Balaban J connectivity index is 2.72. The summed E-state index contributed by atoms with van der Waals surface area (Å²) in [7, 11) is 0. The van der Waals surface area contributed by atoms with Crippen LogP contribution in [0.3, 0.4) is 0 Å². The molecular formula is C8H8OS2. The largest absolute Gasteiger partial charge is 0.391 e. The van der Waals surface area contributed by atoms with Gasteiger partial charge in [-0.1, -0.05) is 11.8 Å². The van der Waals surface area contributed by atoms with Crippen molar-refractivity contribution in [1.29, 1.82) is 0 Å². The van der Waals surface area contributed by atoms with Gasteiger partial charge in [0.1, 0.15) is 0 Å². The van der Waals surface area contributed by atoms with Crippen LogP contribution in [0.4, 0.5) is 0 Å². The van der Waals surface area contributed by atoms with Crippen LogP contribution in [-0.4, -0.2) is 11.4 Å². The van der Waals surface area contributed by atoms with Gasteiger partial charge in [0.05, 0.1) is 11.5 Å². The van der Waals surface area contributed by atoms with Crippen LogP contribution in [0.5, 0.6) is 0 Å². The standard InChI is InChI=1S/C8H8OS2/c1-10-5-4-7-2-3-8(6-9)11-7/h2-3,9H,6H2,1H3. The molecule has 0 amide bonds. The van der Waals surface area contributed by atoms with E-state index in [4.69, 9.17) is 5.11 Å². The van der Waals surface area contributed by atoms with E-state index in [1.54, 1.807) is 0 Å². The maximum atomic E-state index is 8.73. The normalized spacial score (nSPS) is 8.91. The topological polar surface area (TPSA) is 20.2 Å². The summed E-state index contributed by atoms with van der Waals surface area (Å²) >= 11 is 3.03. The first-order valence-corrected chi connectivity index (χ1v) is 5.14. The Hall–Kier alpha value is -0.430. The summed E-state index contributed by atoms with van der Waals surface area (Å²) in [6, 6.07) is 3.83. The first-order chi connectivity index (χ1) is 5.36. The molecule has 0 aliphatic rings. The van der Waals surface area contributed by atoms with Crippen molar-refractivity contribution in [1.82, 2.24) is 0 Å². The average Bonchev–Trinajstić information content (AvgIpc) is 2.48. The lowest BCUT2D eigenvalue weighted by Gasteiger charge is -1.80. The fraction of sp³-hybridized carbons (Fsp3) is 0.250. The van der Waals surface area contributed by atoms with E-state index < -0.39 is 0 Å². The van der Waals surface area contributed by atoms with E-state index in [0.717, 1.165) is 9.75 Å². The molecule has 0 saturated heterocycles. The lowest BCUT2D eigenvalue weighted by atomic mass is 10.4. The van der Waals surface area contributed by atoms with Crippen molar-refractivity contribution in [2.24, 2.45) is 0 Å². The second-order valence-electron chi connectivity index (χ2n) is 1.86. The third kappa shape index (κ3) is 2.58. The summed E-state index contributed by atoms with van der Waals surface area (Å²) in [5.74, 6) is 2.97. The van der Waals surface area contributed by atoms with Gasteiger partial charge in [-0.15, -0.1) is 11.3 Å². The molecule has 0 saturated carbocycles. The van der Waals surface area contributed by atoms with Gasteiger partial charge in [-0.05, 0) is 29.6 Å². The van der Waals surface area contributed by atoms with Crippen molar-refractivity contribution in [3.63, 3.8) is 0 Å².